The van der Waals surface area contributed by atoms with E-state index in [2.05, 4.69) is 17.2 Å². The molecule has 0 amide bonds. The maximum Gasteiger partial charge on any atom is 0.130 e. The van der Waals surface area contributed by atoms with Crippen molar-refractivity contribution in [2.24, 2.45) is 0 Å². The molecule has 0 saturated carbocycles. The zero-order chi connectivity index (χ0) is 18.3. The van der Waals surface area contributed by atoms with Gasteiger partial charge >= 0.3 is 0 Å². The predicted octanol–water partition coefficient (Wildman–Crippen LogP) is 4.55. The number of fused-ring (bicyclic) bond motifs is 1. The lowest BCUT2D eigenvalue weighted by atomic mass is 10.0. The van der Waals surface area contributed by atoms with Gasteiger partial charge in [0.15, 0.2) is 0 Å². The van der Waals surface area contributed by atoms with Crippen molar-refractivity contribution in [2.45, 2.75) is 39.0 Å². The van der Waals surface area contributed by atoms with E-state index in [-0.39, 0.29) is 12.7 Å². The van der Waals surface area contributed by atoms with Crippen LogP contribution in [0.15, 0.2) is 30.5 Å². The van der Waals surface area contributed by atoms with Crippen molar-refractivity contribution >= 4 is 33.2 Å². The van der Waals surface area contributed by atoms with E-state index in [4.69, 9.17) is 16.3 Å². The minimum atomic E-state index is 0.0179. The molecule has 0 bridgehead atoms. The zero-order valence-corrected chi connectivity index (χ0v) is 16.3. The van der Waals surface area contributed by atoms with E-state index in [0.717, 1.165) is 50.5 Å². The van der Waals surface area contributed by atoms with E-state index >= 15 is 0 Å². The molecular weight excluding hydrogens is 368 g/mol. The van der Waals surface area contributed by atoms with E-state index in [0.29, 0.717) is 11.1 Å². The van der Waals surface area contributed by atoms with Crippen molar-refractivity contribution in [3.63, 3.8) is 0 Å². The minimum absolute atomic E-state index is 0.0179. The van der Waals surface area contributed by atoms with Crippen molar-refractivity contribution in [3.05, 3.63) is 45.9 Å². The van der Waals surface area contributed by atoms with Crippen LogP contribution in [0.2, 0.25) is 5.02 Å². The van der Waals surface area contributed by atoms with Gasteiger partial charge in [-0.15, -0.1) is 11.3 Å². The van der Waals surface area contributed by atoms with Crippen LogP contribution in [0.4, 0.5) is 0 Å². The molecule has 1 aliphatic rings. The zero-order valence-electron chi connectivity index (χ0n) is 14.8. The van der Waals surface area contributed by atoms with Gasteiger partial charge in [0.25, 0.3) is 0 Å². The Bertz CT molecular complexity index is 956. The Balaban J connectivity index is 1.84. The van der Waals surface area contributed by atoms with Gasteiger partial charge in [-0.3, -0.25) is 4.98 Å². The van der Waals surface area contributed by atoms with Crippen LogP contribution >= 0.6 is 22.9 Å². The first-order valence-corrected chi connectivity index (χ1v) is 9.93. The average molecular weight is 389 g/mol. The number of nitrogens with one attached hydrogen (secondary N) is 1. The van der Waals surface area contributed by atoms with Crippen LogP contribution in [0.1, 0.15) is 23.8 Å². The molecule has 2 aromatic heterocycles. The van der Waals surface area contributed by atoms with Crippen LogP contribution in [0, 0.1) is 6.92 Å². The maximum atomic E-state index is 9.49. The average Bonchev–Trinajstić information content (AvgIpc) is 3.22. The summed E-state index contributed by atoms with van der Waals surface area (Å²) in [6.45, 7) is 5.07. The summed E-state index contributed by atoms with van der Waals surface area (Å²) in [5.41, 5.74) is 3.93. The van der Waals surface area contributed by atoms with Crippen molar-refractivity contribution in [2.75, 3.05) is 6.54 Å². The molecule has 3 heterocycles. The van der Waals surface area contributed by atoms with E-state index in [9.17, 15) is 5.11 Å². The fraction of sp³-hybridized carbons (Fsp3) is 0.350. The Morgan fingerprint density at radius 1 is 1.35 bits per heavy atom. The third kappa shape index (κ3) is 3.32. The molecule has 2 N–H and O–H groups in total. The monoisotopic (exact) mass is 388 g/mol. The molecule has 0 spiro atoms. The number of benzene rings is 1. The third-order valence-corrected chi connectivity index (χ3v) is 6.10. The number of thiophene rings is 1. The van der Waals surface area contributed by atoms with Gasteiger partial charge in [-0.2, -0.15) is 0 Å². The van der Waals surface area contributed by atoms with Crippen molar-refractivity contribution in [3.8, 4) is 16.9 Å². The number of rotatable bonds is 4. The summed E-state index contributed by atoms with van der Waals surface area (Å²) in [4.78, 5) is 5.34. The largest absolute Gasteiger partial charge is 0.488 e. The summed E-state index contributed by atoms with van der Waals surface area (Å²) in [7, 11) is 0. The fourth-order valence-corrected chi connectivity index (χ4v) is 4.79. The molecule has 1 saturated heterocycles. The molecule has 136 valence electrons. The molecule has 1 fully saturated rings. The van der Waals surface area contributed by atoms with Gasteiger partial charge in [-0.05, 0) is 43.7 Å². The first kappa shape index (κ1) is 17.7. The molecule has 2 atom stereocenters. The van der Waals surface area contributed by atoms with E-state index in [1.165, 1.54) is 0 Å². The van der Waals surface area contributed by atoms with Gasteiger partial charge in [-0.1, -0.05) is 11.6 Å². The molecule has 6 heteroatoms. The SMILES string of the molecule is Cc1cc(Cl)cc(-c2ccnc3cc(CO)sc23)c1O[C@@H]1CN[C@@H](C)C1. The Morgan fingerprint density at radius 2 is 2.19 bits per heavy atom. The summed E-state index contributed by atoms with van der Waals surface area (Å²) in [6.07, 6.45) is 2.93. The summed E-state index contributed by atoms with van der Waals surface area (Å²) >= 11 is 7.93. The lowest BCUT2D eigenvalue weighted by molar-refractivity contribution is 0.220. The number of halogens is 1. The summed E-state index contributed by atoms with van der Waals surface area (Å²) in [5.74, 6) is 0.877. The van der Waals surface area contributed by atoms with Gasteiger partial charge in [0.05, 0.1) is 16.8 Å². The third-order valence-electron chi connectivity index (χ3n) is 4.74. The highest BCUT2D eigenvalue weighted by Gasteiger charge is 2.25. The normalized spacial score (nSPS) is 20.0. The Labute approximate surface area is 161 Å². The minimum Gasteiger partial charge on any atom is -0.488 e. The Kier molecular flexibility index (Phi) is 4.88. The highest BCUT2D eigenvalue weighted by Crippen LogP contribution is 2.42. The molecule has 3 aromatic rings. The highest BCUT2D eigenvalue weighted by molar-refractivity contribution is 7.19. The molecular formula is C20H21ClN2O2S. The van der Waals surface area contributed by atoms with Crippen molar-refractivity contribution in [1.29, 1.82) is 0 Å². The van der Waals surface area contributed by atoms with Gasteiger partial charge in [-0.25, -0.2) is 0 Å². The molecule has 0 aliphatic carbocycles. The lowest BCUT2D eigenvalue weighted by Crippen LogP contribution is -2.21. The summed E-state index contributed by atoms with van der Waals surface area (Å²) in [5, 5.41) is 13.6. The second-order valence-electron chi connectivity index (χ2n) is 6.83. The van der Waals surface area contributed by atoms with Crippen LogP contribution in [0.25, 0.3) is 21.3 Å². The summed E-state index contributed by atoms with van der Waals surface area (Å²) < 4.78 is 7.46. The summed E-state index contributed by atoms with van der Waals surface area (Å²) in [6, 6.07) is 8.30. The number of aryl methyl sites for hydroxylation is 1. The van der Waals surface area contributed by atoms with Gasteiger partial charge in [0, 0.05) is 46.2 Å². The van der Waals surface area contributed by atoms with Crippen molar-refractivity contribution < 1.29 is 9.84 Å². The first-order chi connectivity index (χ1) is 12.5. The molecule has 1 aromatic carbocycles. The van der Waals surface area contributed by atoms with E-state index in [1.807, 2.05) is 31.2 Å². The smallest absolute Gasteiger partial charge is 0.130 e. The number of nitrogens with zero attached hydrogens (tertiary/aromatic N) is 1. The quantitative estimate of drug-likeness (QED) is 0.688. The maximum absolute atomic E-state index is 9.49. The van der Waals surface area contributed by atoms with Crippen LogP contribution in [0.3, 0.4) is 0 Å². The van der Waals surface area contributed by atoms with Crippen LogP contribution in [-0.2, 0) is 6.61 Å². The highest BCUT2D eigenvalue weighted by atomic mass is 35.5. The number of hydrogen-bond acceptors (Lipinski definition) is 5. The van der Waals surface area contributed by atoms with Gasteiger partial charge in [0.2, 0.25) is 0 Å². The van der Waals surface area contributed by atoms with Crippen LogP contribution in [-0.4, -0.2) is 28.8 Å². The Hall–Kier alpha value is -1.66. The van der Waals surface area contributed by atoms with E-state index in [1.54, 1.807) is 17.5 Å². The van der Waals surface area contributed by atoms with Gasteiger partial charge in [0.1, 0.15) is 11.9 Å². The fourth-order valence-electron chi connectivity index (χ4n) is 3.51. The number of aromatic nitrogens is 1. The number of aliphatic hydroxyl groups is 1. The molecule has 4 nitrogen and oxygen atoms in total. The number of pyridine rings is 1. The number of ether oxygens (including phenoxy) is 1. The second kappa shape index (κ2) is 7.16. The lowest BCUT2D eigenvalue weighted by Gasteiger charge is -2.19. The van der Waals surface area contributed by atoms with E-state index < -0.39 is 0 Å². The van der Waals surface area contributed by atoms with Crippen LogP contribution < -0.4 is 10.1 Å². The van der Waals surface area contributed by atoms with Gasteiger partial charge < -0.3 is 15.2 Å². The molecule has 1 aliphatic heterocycles. The molecule has 0 radical (unpaired) electrons. The second-order valence-corrected chi connectivity index (χ2v) is 8.40. The van der Waals surface area contributed by atoms with Crippen molar-refractivity contribution in [1.82, 2.24) is 10.3 Å². The number of hydrogen-bond donors (Lipinski definition) is 2. The topological polar surface area (TPSA) is 54.4 Å². The first-order valence-electron chi connectivity index (χ1n) is 8.74. The molecule has 4 rings (SSSR count). The molecule has 26 heavy (non-hydrogen) atoms. The molecule has 0 unspecified atom stereocenters. The Morgan fingerprint density at radius 3 is 2.92 bits per heavy atom. The number of aliphatic hydroxyl groups excluding tert-OH is 1. The van der Waals surface area contributed by atoms with Crippen LogP contribution in [0.5, 0.6) is 5.75 Å². The predicted molar refractivity (Wildman–Crippen MR) is 107 cm³/mol. The standard InChI is InChI=1S/C20H21ClN2O2S/c1-11-5-13(21)7-17(19(11)25-14-6-12(2)23-9-14)16-3-4-22-18-8-15(10-24)26-20(16)18/h3-5,7-8,12,14,23-24H,6,9-10H2,1-2H3/t12-,14-/m0/s1.